The third-order valence-electron chi connectivity index (χ3n) is 4.86. The molecule has 156 valence electrons. The lowest BCUT2D eigenvalue weighted by molar-refractivity contribution is 0.0249. The average Bonchev–Trinajstić information content (AvgIpc) is 3.07. The number of halogens is 1. The Balaban J connectivity index is 1.69. The Labute approximate surface area is 173 Å². The van der Waals surface area contributed by atoms with Crippen molar-refractivity contribution in [3.05, 3.63) is 62.5 Å². The molecule has 0 saturated carbocycles. The van der Waals surface area contributed by atoms with Crippen molar-refractivity contribution in [3.8, 4) is 0 Å². The van der Waals surface area contributed by atoms with Gasteiger partial charge in [0.1, 0.15) is 12.7 Å². The highest BCUT2D eigenvalue weighted by Crippen LogP contribution is 2.28. The molecular formula is C20H25ClN4O4. The van der Waals surface area contributed by atoms with Crippen molar-refractivity contribution >= 4 is 17.5 Å². The number of rotatable bonds is 7. The summed E-state index contributed by atoms with van der Waals surface area (Å²) in [5, 5.41) is 25.1. The predicted molar refractivity (Wildman–Crippen MR) is 110 cm³/mol. The Bertz CT molecular complexity index is 954. The summed E-state index contributed by atoms with van der Waals surface area (Å²) in [6.07, 6.45) is 1.20. The maximum absolute atomic E-state index is 12.5. The molecule has 0 amide bonds. The normalized spacial score (nSPS) is 19.4. The van der Waals surface area contributed by atoms with Crippen LogP contribution in [-0.4, -0.2) is 38.2 Å². The zero-order valence-corrected chi connectivity index (χ0v) is 17.3. The first-order chi connectivity index (χ1) is 13.7. The molecule has 0 spiro atoms. The van der Waals surface area contributed by atoms with Crippen molar-refractivity contribution in [2.24, 2.45) is 4.99 Å². The van der Waals surface area contributed by atoms with Crippen LogP contribution in [0, 0.1) is 6.92 Å². The van der Waals surface area contributed by atoms with E-state index in [0.29, 0.717) is 28.5 Å². The van der Waals surface area contributed by atoms with E-state index in [2.05, 4.69) is 15.6 Å². The van der Waals surface area contributed by atoms with Gasteiger partial charge < -0.3 is 15.1 Å². The highest BCUT2D eigenvalue weighted by Gasteiger charge is 2.31. The van der Waals surface area contributed by atoms with Crippen LogP contribution in [0.5, 0.6) is 0 Å². The first kappa shape index (κ1) is 21.4. The highest BCUT2D eigenvalue weighted by molar-refractivity contribution is 6.30. The molecule has 2 aromatic rings. The Hall–Kier alpha value is -2.26. The molecule has 1 aromatic heterocycles. The second-order valence-electron chi connectivity index (χ2n) is 7.55. The zero-order chi connectivity index (χ0) is 21.2. The van der Waals surface area contributed by atoms with Gasteiger partial charge in [0, 0.05) is 23.4 Å². The zero-order valence-electron chi connectivity index (χ0n) is 16.6. The molecule has 1 aromatic carbocycles. The number of hydrogen-bond donors (Lipinski definition) is 3. The minimum atomic E-state index is -1.14. The van der Waals surface area contributed by atoms with Gasteiger partial charge in [-0.15, -0.1) is 5.48 Å². The number of aliphatic hydroxyl groups is 2. The Morgan fingerprint density at radius 3 is 2.72 bits per heavy atom. The molecule has 0 fully saturated rings. The van der Waals surface area contributed by atoms with E-state index in [9.17, 15) is 15.0 Å². The van der Waals surface area contributed by atoms with Crippen molar-refractivity contribution in [1.82, 2.24) is 15.3 Å². The first-order valence-electron chi connectivity index (χ1n) is 9.37. The second kappa shape index (κ2) is 8.62. The standard InChI is InChI=1S/C20H25ClN4O4/c1-12(26)8-14-10-22-25(19(27)13(14)2)11-18-23-17(24-29-18)9-20(3,28)15-4-6-16(21)7-5-15/h4-7,10,12,17,24,26,28H,8-9,11H2,1-3H3/t12-,17?,20-/m1/s1. The van der Waals surface area contributed by atoms with Crippen molar-refractivity contribution < 1.29 is 15.1 Å². The molecule has 0 bridgehead atoms. The topological polar surface area (TPSA) is 109 Å². The van der Waals surface area contributed by atoms with Gasteiger partial charge in [-0.25, -0.2) is 9.67 Å². The molecule has 2 heterocycles. The summed E-state index contributed by atoms with van der Waals surface area (Å²) in [6, 6.07) is 6.98. The number of aromatic nitrogens is 2. The van der Waals surface area contributed by atoms with Crippen molar-refractivity contribution in [1.29, 1.82) is 0 Å². The van der Waals surface area contributed by atoms with E-state index in [1.807, 2.05) is 0 Å². The van der Waals surface area contributed by atoms with E-state index in [4.69, 9.17) is 16.4 Å². The van der Waals surface area contributed by atoms with Crippen molar-refractivity contribution in [2.45, 2.75) is 58.0 Å². The lowest BCUT2D eigenvalue weighted by Gasteiger charge is -2.25. The van der Waals surface area contributed by atoms with E-state index in [0.717, 1.165) is 5.56 Å². The number of benzene rings is 1. The maximum Gasteiger partial charge on any atom is 0.270 e. The third-order valence-corrected chi connectivity index (χ3v) is 5.11. The van der Waals surface area contributed by atoms with Crippen molar-refractivity contribution in [2.75, 3.05) is 0 Å². The Kier molecular flexibility index (Phi) is 6.38. The fraction of sp³-hybridized carbons (Fsp3) is 0.450. The monoisotopic (exact) mass is 420 g/mol. The van der Waals surface area contributed by atoms with E-state index < -0.39 is 17.9 Å². The predicted octanol–water partition coefficient (Wildman–Crippen LogP) is 1.69. The molecule has 0 aliphatic carbocycles. The third kappa shape index (κ3) is 5.22. The van der Waals surface area contributed by atoms with Gasteiger partial charge in [-0.05, 0) is 44.0 Å². The molecule has 8 nitrogen and oxygen atoms in total. The quantitative estimate of drug-likeness (QED) is 0.628. The maximum atomic E-state index is 12.5. The smallest absolute Gasteiger partial charge is 0.270 e. The SMILES string of the molecule is Cc1c(C[C@@H](C)O)cnn(CC2=NC(C[C@@](C)(O)c3ccc(Cl)cc3)NO2)c1=O. The van der Waals surface area contributed by atoms with E-state index in [1.165, 1.54) is 4.68 Å². The molecule has 1 aliphatic heterocycles. The van der Waals surface area contributed by atoms with Gasteiger partial charge in [0.2, 0.25) is 5.90 Å². The number of nitrogens with zero attached hydrogens (tertiary/aromatic N) is 3. The fourth-order valence-electron chi connectivity index (χ4n) is 3.21. The van der Waals surface area contributed by atoms with E-state index >= 15 is 0 Å². The highest BCUT2D eigenvalue weighted by atomic mass is 35.5. The van der Waals surface area contributed by atoms with E-state index in [-0.39, 0.29) is 18.5 Å². The molecule has 9 heteroatoms. The number of hydroxylamine groups is 1. The van der Waals surface area contributed by atoms with Gasteiger partial charge in [0.25, 0.3) is 5.56 Å². The number of nitrogens with one attached hydrogen (secondary N) is 1. The minimum absolute atomic E-state index is 0.0707. The lowest BCUT2D eigenvalue weighted by Crippen LogP contribution is -2.32. The summed E-state index contributed by atoms with van der Waals surface area (Å²) in [5.41, 5.74) is 3.34. The van der Waals surface area contributed by atoms with Crippen molar-refractivity contribution in [3.63, 3.8) is 0 Å². The minimum Gasteiger partial charge on any atom is -0.393 e. The summed E-state index contributed by atoms with van der Waals surface area (Å²) in [5.74, 6) is 0.305. The largest absolute Gasteiger partial charge is 0.393 e. The van der Waals surface area contributed by atoms with Gasteiger partial charge in [-0.2, -0.15) is 5.10 Å². The van der Waals surface area contributed by atoms with Crippen LogP contribution in [0.1, 0.15) is 37.0 Å². The molecule has 3 rings (SSSR count). The van der Waals surface area contributed by atoms with Gasteiger partial charge in [0.05, 0.1) is 17.9 Å². The van der Waals surface area contributed by atoms with Crippen LogP contribution in [0.4, 0.5) is 0 Å². The molecule has 1 aliphatic rings. The molecule has 0 radical (unpaired) electrons. The summed E-state index contributed by atoms with van der Waals surface area (Å²) in [6.45, 7) is 5.14. The Morgan fingerprint density at radius 1 is 1.38 bits per heavy atom. The van der Waals surface area contributed by atoms with Crippen LogP contribution in [-0.2, 0) is 23.4 Å². The molecule has 3 N–H and O–H groups in total. The summed E-state index contributed by atoms with van der Waals surface area (Å²) in [7, 11) is 0. The summed E-state index contributed by atoms with van der Waals surface area (Å²) >= 11 is 5.90. The number of aliphatic hydroxyl groups excluding tert-OH is 1. The number of aliphatic imine (C=N–C) groups is 1. The van der Waals surface area contributed by atoms with Crippen LogP contribution in [0.15, 0.2) is 40.2 Å². The van der Waals surface area contributed by atoms with E-state index in [1.54, 1.807) is 51.2 Å². The first-order valence-corrected chi connectivity index (χ1v) is 9.74. The summed E-state index contributed by atoms with van der Waals surface area (Å²) < 4.78 is 1.26. The average molecular weight is 421 g/mol. The molecule has 3 atom stereocenters. The molecule has 29 heavy (non-hydrogen) atoms. The fourth-order valence-corrected chi connectivity index (χ4v) is 3.34. The summed E-state index contributed by atoms with van der Waals surface area (Å²) in [4.78, 5) is 22.3. The van der Waals surface area contributed by atoms with Crippen LogP contribution in [0.25, 0.3) is 0 Å². The van der Waals surface area contributed by atoms with Gasteiger partial charge >= 0.3 is 0 Å². The van der Waals surface area contributed by atoms with Gasteiger partial charge in [-0.3, -0.25) is 4.79 Å². The lowest BCUT2D eigenvalue weighted by atomic mass is 9.91. The van der Waals surface area contributed by atoms with Crippen LogP contribution in [0.3, 0.4) is 0 Å². The Morgan fingerprint density at radius 2 is 2.07 bits per heavy atom. The van der Waals surface area contributed by atoms with Gasteiger partial charge in [-0.1, -0.05) is 23.7 Å². The van der Waals surface area contributed by atoms with Crippen LogP contribution < -0.4 is 11.0 Å². The molecule has 1 unspecified atom stereocenters. The molecule has 0 saturated heterocycles. The van der Waals surface area contributed by atoms with Crippen LogP contribution >= 0.6 is 11.6 Å². The molecular weight excluding hydrogens is 396 g/mol. The second-order valence-corrected chi connectivity index (χ2v) is 7.99. The van der Waals surface area contributed by atoms with Gasteiger partial charge in [0.15, 0.2) is 0 Å². The number of hydrogen-bond acceptors (Lipinski definition) is 7. The van der Waals surface area contributed by atoms with Crippen LogP contribution in [0.2, 0.25) is 5.02 Å².